The molecule has 8 rings (SSSR count). The fraction of sp³-hybridized carbons (Fsp3) is 0.453. The fourth-order valence-electron chi connectivity index (χ4n) is 8.87. The molecule has 5 aliphatic heterocycles. The van der Waals surface area contributed by atoms with E-state index in [4.69, 9.17) is 14.9 Å². The number of rotatable bonds is 18. The predicted octanol–water partition coefficient (Wildman–Crippen LogP) is 1.96. The standard InChI is InChI=1S/2C15H16N2O5.C14H15NO4.C9H16O3/c18-8-9-5-16(6-12(9)19)13(20)7-17-14(21)10-3-1-2-4-11(10)15(17)22;18-8-11-12(19)5-6-16(11)13(20)7-17-14(21)9-3-1-2-4-10(9)15(17)22;16-12(17)8-2-1-5-9-15-13(18)10-6-3-4-7-11(10)14(15)19;1-3-12-9(11)7-5-4-6-8(2)10/h1-4,9,12,18-19H,5-8H2;1-4,11-12,18-19H,5-8H2;3-4,6-7H,1-2,5,8-9H2,(H,16,17);3-7H2,1-2H3/t9-,12-;11-,12-;;/m01../s1. The highest BCUT2D eigenvalue weighted by Crippen LogP contribution is 2.26. The molecule has 5 aliphatic rings. The topological polar surface area (TPSA) is 314 Å². The summed E-state index contributed by atoms with van der Waals surface area (Å²) in [6.07, 6.45) is 3.37. The number of benzene rings is 3. The number of carboxylic acid groups (broad SMARTS) is 1. The van der Waals surface area contributed by atoms with Gasteiger partial charge in [-0.15, -0.1) is 0 Å². The number of amides is 8. The molecule has 0 aliphatic carbocycles. The number of hydrogen-bond acceptors (Lipinski definition) is 16. The van der Waals surface area contributed by atoms with Gasteiger partial charge in [-0.25, -0.2) is 0 Å². The first-order valence-corrected chi connectivity index (χ1v) is 24.7. The largest absolute Gasteiger partial charge is 0.481 e. The van der Waals surface area contributed by atoms with Gasteiger partial charge in [0.2, 0.25) is 11.8 Å². The maximum absolute atomic E-state index is 12.3. The van der Waals surface area contributed by atoms with Gasteiger partial charge in [-0.05, 0) is 82.3 Å². The number of likely N-dealkylation sites (tertiary alicyclic amines) is 2. The van der Waals surface area contributed by atoms with E-state index in [0.29, 0.717) is 91.6 Å². The first-order chi connectivity index (χ1) is 35.8. The van der Waals surface area contributed by atoms with E-state index in [2.05, 4.69) is 0 Å². The minimum Gasteiger partial charge on any atom is -0.481 e. The smallest absolute Gasteiger partial charge is 0.305 e. The highest BCUT2D eigenvalue weighted by atomic mass is 16.5. The van der Waals surface area contributed by atoms with E-state index in [1.165, 1.54) is 14.7 Å². The van der Waals surface area contributed by atoms with Gasteiger partial charge in [0.25, 0.3) is 35.4 Å². The van der Waals surface area contributed by atoms with Crippen molar-refractivity contribution in [1.82, 2.24) is 24.5 Å². The Kier molecular flexibility index (Phi) is 21.5. The number of carbonyl (C=O) groups excluding carboxylic acids is 10. The zero-order valence-electron chi connectivity index (χ0n) is 41.8. The maximum Gasteiger partial charge on any atom is 0.305 e. The first kappa shape index (κ1) is 58.4. The molecule has 3 aromatic carbocycles. The summed E-state index contributed by atoms with van der Waals surface area (Å²) in [6.45, 7) is 3.47. The number of Topliss-reactive ketones (excluding diaryl/α,β-unsaturated/α-hetero) is 1. The van der Waals surface area contributed by atoms with Gasteiger partial charge < -0.3 is 44.9 Å². The Hall–Kier alpha value is -7.53. The van der Waals surface area contributed by atoms with Crippen molar-refractivity contribution in [1.29, 1.82) is 0 Å². The van der Waals surface area contributed by atoms with Crippen LogP contribution in [0.4, 0.5) is 0 Å². The van der Waals surface area contributed by atoms with E-state index in [1.807, 2.05) is 0 Å². The molecule has 0 saturated carbocycles. The van der Waals surface area contributed by atoms with E-state index in [-0.39, 0.29) is 75.3 Å². The van der Waals surface area contributed by atoms with E-state index in [1.54, 1.807) is 86.6 Å². The summed E-state index contributed by atoms with van der Waals surface area (Å²) >= 11 is 0. The number of unbranched alkanes of at least 4 members (excludes halogenated alkanes) is 3. The van der Waals surface area contributed by atoms with Gasteiger partial charge in [-0.3, -0.25) is 62.6 Å². The number of carbonyl (C=O) groups is 11. The lowest BCUT2D eigenvalue weighted by Crippen LogP contribution is -2.47. The molecule has 75 heavy (non-hydrogen) atoms. The number of aliphatic hydroxyl groups is 4. The Labute approximate surface area is 432 Å². The summed E-state index contributed by atoms with van der Waals surface area (Å²) in [7, 11) is 0. The van der Waals surface area contributed by atoms with Gasteiger partial charge in [0.1, 0.15) is 18.9 Å². The zero-order chi connectivity index (χ0) is 54.9. The number of hydrogen-bond donors (Lipinski definition) is 5. The molecule has 0 unspecified atom stereocenters. The number of imide groups is 3. The number of ketones is 1. The van der Waals surface area contributed by atoms with Crippen molar-refractivity contribution in [3.8, 4) is 0 Å². The molecule has 8 amide bonds. The molecular weight excluding hydrogens is 979 g/mol. The molecule has 22 nitrogen and oxygen atoms in total. The summed E-state index contributed by atoms with van der Waals surface area (Å²) in [5.41, 5.74) is 2.10. The van der Waals surface area contributed by atoms with Crippen LogP contribution in [0.25, 0.3) is 0 Å². The maximum atomic E-state index is 12.3. The fourth-order valence-corrected chi connectivity index (χ4v) is 8.87. The Morgan fingerprint density at radius 1 is 0.560 bits per heavy atom. The molecule has 5 N–H and O–H groups in total. The van der Waals surface area contributed by atoms with E-state index in [0.717, 1.165) is 22.6 Å². The Morgan fingerprint density at radius 2 is 1.00 bits per heavy atom. The Bertz CT molecular complexity index is 2530. The third-order valence-corrected chi connectivity index (χ3v) is 13.0. The lowest BCUT2D eigenvalue weighted by molar-refractivity contribution is -0.143. The first-order valence-electron chi connectivity index (χ1n) is 24.7. The predicted molar refractivity (Wildman–Crippen MR) is 264 cm³/mol. The van der Waals surface area contributed by atoms with Gasteiger partial charge in [-0.2, -0.15) is 0 Å². The Morgan fingerprint density at radius 3 is 1.41 bits per heavy atom. The molecule has 3 aromatic rings. The van der Waals surface area contributed by atoms with Crippen molar-refractivity contribution in [2.24, 2.45) is 5.92 Å². The molecule has 402 valence electrons. The highest BCUT2D eigenvalue weighted by Gasteiger charge is 2.42. The number of ether oxygens (including phenoxy) is 1. The van der Waals surface area contributed by atoms with Crippen molar-refractivity contribution in [2.75, 3.05) is 59.1 Å². The second kappa shape index (κ2) is 27.7. The second-order valence-electron chi connectivity index (χ2n) is 18.2. The van der Waals surface area contributed by atoms with Gasteiger partial charge in [-0.1, -0.05) is 42.8 Å². The van der Waals surface area contributed by atoms with Crippen LogP contribution in [0.5, 0.6) is 0 Å². The second-order valence-corrected chi connectivity index (χ2v) is 18.2. The van der Waals surface area contributed by atoms with Crippen LogP contribution in [0.3, 0.4) is 0 Å². The molecule has 0 bridgehead atoms. The number of esters is 1. The number of aliphatic hydroxyl groups excluding tert-OH is 4. The van der Waals surface area contributed by atoms with Crippen molar-refractivity contribution >= 4 is 65.0 Å². The SMILES string of the molecule is CCOC(=O)CCCCC(C)=O.O=C(CN1C(=O)c2ccccc2C1=O)N1C[C@@H](CO)[C@@H](O)C1.O=C(O)CCCCCN1C(=O)c2ccccc2C1=O.O=C1c2ccccc2C(=O)N1CC(=O)N1CC[C@@H](O)[C@H]1CO. The van der Waals surface area contributed by atoms with E-state index >= 15 is 0 Å². The van der Waals surface area contributed by atoms with Crippen molar-refractivity contribution in [3.05, 3.63) is 106 Å². The van der Waals surface area contributed by atoms with Gasteiger partial charge >= 0.3 is 11.9 Å². The molecule has 5 heterocycles. The Balaban J connectivity index is 0.000000189. The quantitative estimate of drug-likeness (QED) is 0.0691. The molecule has 0 spiro atoms. The molecule has 0 aromatic heterocycles. The average Bonchev–Trinajstić information content (AvgIpc) is 4.16. The average molecular weight is 1040 g/mol. The van der Waals surface area contributed by atoms with Gasteiger partial charge in [0.15, 0.2) is 0 Å². The van der Waals surface area contributed by atoms with Crippen molar-refractivity contribution in [2.45, 2.75) is 89.9 Å². The zero-order valence-corrected chi connectivity index (χ0v) is 41.8. The summed E-state index contributed by atoms with van der Waals surface area (Å²) in [6, 6.07) is 19.0. The minimum atomic E-state index is -0.819. The van der Waals surface area contributed by atoms with Crippen LogP contribution in [-0.4, -0.2) is 192 Å². The van der Waals surface area contributed by atoms with Crippen molar-refractivity contribution < 1.29 is 83.0 Å². The third-order valence-electron chi connectivity index (χ3n) is 13.0. The monoisotopic (exact) mass is 1040 g/mol. The minimum absolute atomic E-state index is 0.104. The van der Waals surface area contributed by atoms with Crippen LogP contribution in [0.1, 0.15) is 134 Å². The normalized spacial score (nSPS) is 19.1. The number of fused-ring (bicyclic) bond motifs is 3. The third kappa shape index (κ3) is 14.8. The van der Waals surface area contributed by atoms with Gasteiger partial charge in [0.05, 0.1) is 71.5 Å². The molecule has 2 fully saturated rings. The highest BCUT2D eigenvalue weighted by molar-refractivity contribution is 6.23. The molecule has 0 radical (unpaired) electrons. The van der Waals surface area contributed by atoms with E-state index in [9.17, 15) is 68.1 Å². The molecule has 22 heteroatoms. The summed E-state index contributed by atoms with van der Waals surface area (Å²) < 4.78 is 4.73. The number of β-amino-alcohol motifs (C(OH)–C–C–N with tert-alkyl or cyclic N) is 1. The molecular formula is C53H63N5O17. The van der Waals surface area contributed by atoms with E-state index < -0.39 is 59.7 Å². The number of carboxylic acids is 1. The van der Waals surface area contributed by atoms with Crippen LogP contribution in [0.2, 0.25) is 0 Å². The van der Waals surface area contributed by atoms with Crippen molar-refractivity contribution in [3.63, 3.8) is 0 Å². The summed E-state index contributed by atoms with van der Waals surface area (Å²) in [5, 5.41) is 46.3. The van der Waals surface area contributed by atoms with Crippen LogP contribution in [0.15, 0.2) is 72.8 Å². The van der Waals surface area contributed by atoms with Crippen LogP contribution in [-0.2, 0) is 28.7 Å². The van der Waals surface area contributed by atoms with Crippen LogP contribution < -0.4 is 0 Å². The lowest BCUT2D eigenvalue weighted by atomic mass is 10.1. The van der Waals surface area contributed by atoms with Crippen LogP contribution in [0, 0.1) is 5.92 Å². The number of aliphatic carboxylic acids is 1. The van der Waals surface area contributed by atoms with Crippen LogP contribution >= 0.6 is 0 Å². The molecule has 4 atom stereocenters. The summed E-state index contributed by atoms with van der Waals surface area (Å²) in [5.74, 6) is -4.50. The number of nitrogens with zero attached hydrogens (tertiary/aromatic N) is 5. The molecule has 2 saturated heterocycles. The van der Waals surface area contributed by atoms with Gasteiger partial charge in [0, 0.05) is 51.4 Å². The lowest BCUT2D eigenvalue weighted by Gasteiger charge is -2.26. The summed E-state index contributed by atoms with van der Waals surface area (Å²) in [4.78, 5) is 135.